The summed E-state index contributed by atoms with van der Waals surface area (Å²) in [5, 5.41) is 5.28. The molecule has 0 saturated carbocycles. The van der Waals surface area contributed by atoms with Gasteiger partial charge in [0.2, 0.25) is 5.91 Å². The Bertz CT molecular complexity index is 864. The molecule has 0 atom stereocenters. The van der Waals surface area contributed by atoms with Gasteiger partial charge in [-0.1, -0.05) is 17.7 Å². The third-order valence-corrected chi connectivity index (χ3v) is 4.93. The average Bonchev–Trinajstić information content (AvgIpc) is 3.26. The normalized spacial score (nSPS) is 14.7. The lowest BCUT2D eigenvalue weighted by Gasteiger charge is -2.31. The summed E-state index contributed by atoms with van der Waals surface area (Å²) in [5.41, 5.74) is 1.67. The summed E-state index contributed by atoms with van der Waals surface area (Å²) >= 11 is 0. The first-order valence-electron chi connectivity index (χ1n) is 9.67. The molecule has 1 fully saturated rings. The Morgan fingerprint density at radius 1 is 1.10 bits per heavy atom. The molecule has 3 rings (SSSR count). The Hall–Kier alpha value is -3.35. The molecule has 0 spiro atoms. The summed E-state index contributed by atoms with van der Waals surface area (Å²) in [6.07, 6.45) is 6.28. The molecule has 1 aromatic heterocycles. The molecule has 1 saturated heterocycles. The first kappa shape index (κ1) is 20.4. The lowest BCUT2D eigenvalue weighted by molar-refractivity contribution is -0.136. The fourth-order valence-electron chi connectivity index (χ4n) is 3.14. The predicted molar refractivity (Wildman–Crippen MR) is 110 cm³/mol. The van der Waals surface area contributed by atoms with Crippen LogP contribution >= 0.6 is 0 Å². The summed E-state index contributed by atoms with van der Waals surface area (Å²) < 4.78 is 5.17. The number of aryl methyl sites for hydroxylation is 1. The van der Waals surface area contributed by atoms with Gasteiger partial charge in [0, 0.05) is 31.4 Å². The molecular formula is C22H25N3O4. The molecule has 7 heteroatoms. The minimum absolute atomic E-state index is 0.0543. The standard InChI is InChI=1S/C22H25N3O4/c1-16-4-6-18(7-5-16)24-22(28)21(27)23-15-17-10-12-25(13-11-17)20(26)9-8-19-3-2-14-29-19/h2-9,14,17H,10-13,15H2,1H3,(H,23,27)(H,24,28)/b9-8+. The highest BCUT2D eigenvalue weighted by molar-refractivity contribution is 6.39. The van der Waals surface area contributed by atoms with E-state index in [2.05, 4.69) is 10.6 Å². The molecule has 29 heavy (non-hydrogen) atoms. The summed E-state index contributed by atoms with van der Waals surface area (Å²) in [6, 6.07) is 10.8. The number of piperidine rings is 1. The molecule has 7 nitrogen and oxygen atoms in total. The van der Waals surface area contributed by atoms with Crippen LogP contribution in [-0.4, -0.2) is 42.3 Å². The first-order valence-corrected chi connectivity index (χ1v) is 9.67. The fraction of sp³-hybridized carbons (Fsp3) is 0.318. The largest absolute Gasteiger partial charge is 0.465 e. The fourth-order valence-corrected chi connectivity index (χ4v) is 3.14. The van der Waals surface area contributed by atoms with Gasteiger partial charge in [0.25, 0.3) is 0 Å². The van der Waals surface area contributed by atoms with E-state index in [1.807, 2.05) is 19.1 Å². The van der Waals surface area contributed by atoms with Crippen LogP contribution in [0.2, 0.25) is 0 Å². The maximum Gasteiger partial charge on any atom is 0.313 e. The van der Waals surface area contributed by atoms with E-state index in [9.17, 15) is 14.4 Å². The Labute approximate surface area is 169 Å². The molecule has 2 aromatic rings. The van der Waals surface area contributed by atoms with Crippen molar-refractivity contribution in [1.29, 1.82) is 0 Å². The number of nitrogens with one attached hydrogen (secondary N) is 2. The molecule has 1 aliphatic rings. The Morgan fingerprint density at radius 3 is 2.48 bits per heavy atom. The van der Waals surface area contributed by atoms with Crippen molar-refractivity contribution in [2.75, 3.05) is 25.0 Å². The van der Waals surface area contributed by atoms with Crippen LogP contribution in [0.25, 0.3) is 6.08 Å². The molecule has 0 radical (unpaired) electrons. The van der Waals surface area contributed by atoms with Gasteiger partial charge in [-0.05, 0) is 56.0 Å². The predicted octanol–water partition coefficient (Wildman–Crippen LogP) is 2.59. The maximum atomic E-state index is 12.2. The number of anilines is 1. The van der Waals surface area contributed by atoms with Crippen molar-refractivity contribution in [3.05, 3.63) is 60.1 Å². The molecule has 0 unspecified atom stereocenters. The molecule has 0 aliphatic carbocycles. The van der Waals surface area contributed by atoms with Gasteiger partial charge in [0.1, 0.15) is 5.76 Å². The van der Waals surface area contributed by atoms with Crippen molar-refractivity contribution in [3.8, 4) is 0 Å². The number of likely N-dealkylation sites (tertiary alicyclic amines) is 1. The minimum Gasteiger partial charge on any atom is -0.465 e. The van der Waals surface area contributed by atoms with Gasteiger partial charge >= 0.3 is 11.8 Å². The van der Waals surface area contributed by atoms with Crippen LogP contribution in [0.15, 0.2) is 53.2 Å². The SMILES string of the molecule is Cc1ccc(NC(=O)C(=O)NCC2CCN(C(=O)/C=C/c3ccco3)CC2)cc1. The van der Waals surface area contributed by atoms with E-state index in [1.54, 1.807) is 41.5 Å². The summed E-state index contributed by atoms with van der Waals surface area (Å²) in [6.45, 7) is 3.62. The summed E-state index contributed by atoms with van der Waals surface area (Å²) in [7, 11) is 0. The zero-order valence-electron chi connectivity index (χ0n) is 16.4. The van der Waals surface area contributed by atoms with Crippen LogP contribution in [0.4, 0.5) is 5.69 Å². The van der Waals surface area contributed by atoms with E-state index in [1.165, 1.54) is 6.08 Å². The number of benzene rings is 1. The number of hydrogen-bond donors (Lipinski definition) is 2. The highest BCUT2D eigenvalue weighted by Crippen LogP contribution is 2.17. The molecule has 3 amide bonds. The third-order valence-electron chi connectivity index (χ3n) is 4.93. The summed E-state index contributed by atoms with van der Waals surface area (Å²) in [4.78, 5) is 38.0. The maximum absolute atomic E-state index is 12.2. The third kappa shape index (κ3) is 6.07. The quantitative estimate of drug-likeness (QED) is 0.601. The number of nitrogens with zero attached hydrogens (tertiary/aromatic N) is 1. The average molecular weight is 395 g/mol. The van der Waals surface area contributed by atoms with Crippen molar-refractivity contribution in [2.24, 2.45) is 5.92 Å². The zero-order chi connectivity index (χ0) is 20.6. The second-order valence-corrected chi connectivity index (χ2v) is 7.15. The zero-order valence-corrected chi connectivity index (χ0v) is 16.4. The molecular weight excluding hydrogens is 370 g/mol. The van der Waals surface area contributed by atoms with Gasteiger partial charge < -0.3 is 20.0 Å². The van der Waals surface area contributed by atoms with Crippen molar-refractivity contribution in [2.45, 2.75) is 19.8 Å². The highest BCUT2D eigenvalue weighted by Gasteiger charge is 2.23. The molecule has 1 aromatic carbocycles. The summed E-state index contributed by atoms with van der Waals surface area (Å²) in [5.74, 6) is -0.500. The first-order chi connectivity index (χ1) is 14.0. The molecule has 2 heterocycles. The lowest BCUT2D eigenvalue weighted by Crippen LogP contribution is -2.43. The minimum atomic E-state index is -0.676. The van der Waals surface area contributed by atoms with Crippen LogP contribution < -0.4 is 10.6 Å². The van der Waals surface area contributed by atoms with E-state index in [0.717, 1.165) is 18.4 Å². The smallest absolute Gasteiger partial charge is 0.313 e. The highest BCUT2D eigenvalue weighted by atomic mass is 16.3. The number of amides is 3. The van der Waals surface area contributed by atoms with E-state index >= 15 is 0 Å². The van der Waals surface area contributed by atoms with Gasteiger partial charge in [-0.25, -0.2) is 0 Å². The second-order valence-electron chi connectivity index (χ2n) is 7.15. The van der Waals surface area contributed by atoms with Crippen LogP contribution in [0, 0.1) is 12.8 Å². The van der Waals surface area contributed by atoms with E-state index in [-0.39, 0.29) is 11.8 Å². The molecule has 0 bridgehead atoms. The number of hydrogen-bond acceptors (Lipinski definition) is 4. The van der Waals surface area contributed by atoms with Crippen molar-refractivity contribution in [3.63, 3.8) is 0 Å². The monoisotopic (exact) mass is 395 g/mol. The van der Waals surface area contributed by atoms with Crippen molar-refractivity contribution in [1.82, 2.24) is 10.2 Å². The van der Waals surface area contributed by atoms with E-state index in [0.29, 0.717) is 31.1 Å². The number of carbonyl (C=O) groups excluding carboxylic acids is 3. The van der Waals surface area contributed by atoms with Crippen LogP contribution in [0.5, 0.6) is 0 Å². The Morgan fingerprint density at radius 2 is 1.83 bits per heavy atom. The molecule has 2 N–H and O–H groups in total. The van der Waals surface area contributed by atoms with Gasteiger partial charge in [0.15, 0.2) is 0 Å². The molecule has 1 aliphatic heterocycles. The molecule has 152 valence electrons. The van der Waals surface area contributed by atoms with Gasteiger partial charge in [-0.2, -0.15) is 0 Å². The number of rotatable bonds is 5. The van der Waals surface area contributed by atoms with Gasteiger partial charge in [0.05, 0.1) is 6.26 Å². The second kappa shape index (κ2) is 9.73. The van der Waals surface area contributed by atoms with Crippen molar-refractivity contribution >= 4 is 29.5 Å². The Balaban J connectivity index is 1.37. The van der Waals surface area contributed by atoms with Crippen LogP contribution in [-0.2, 0) is 14.4 Å². The number of furan rings is 1. The van der Waals surface area contributed by atoms with E-state index < -0.39 is 11.8 Å². The van der Waals surface area contributed by atoms with Crippen LogP contribution in [0.3, 0.4) is 0 Å². The topological polar surface area (TPSA) is 91.7 Å². The lowest BCUT2D eigenvalue weighted by atomic mass is 9.96. The Kier molecular flexibility index (Phi) is 6.84. The number of carbonyl (C=O) groups is 3. The van der Waals surface area contributed by atoms with Crippen molar-refractivity contribution < 1.29 is 18.8 Å². The van der Waals surface area contributed by atoms with E-state index in [4.69, 9.17) is 4.42 Å². The van der Waals surface area contributed by atoms with Gasteiger partial charge in [-0.15, -0.1) is 0 Å². The van der Waals surface area contributed by atoms with Crippen LogP contribution in [0.1, 0.15) is 24.2 Å². The van der Waals surface area contributed by atoms with Gasteiger partial charge in [-0.3, -0.25) is 14.4 Å².